The average Bonchev–Trinajstić information content (AvgIpc) is 2.47. The second kappa shape index (κ2) is 2.88. The van der Waals surface area contributed by atoms with Crippen molar-refractivity contribution in [3.05, 3.63) is 23.8 Å². The van der Waals surface area contributed by atoms with Crippen LogP contribution in [0.5, 0.6) is 0 Å². The number of sulfonamides is 1. The van der Waals surface area contributed by atoms with Gasteiger partial charge in [0, 0.05) is 6.54 Å². The molecule has 1 aromatic rings. The topological polar surface area (TPSA) is 63.4 Å². The Labute approximate surface area is 83.4 Å². The number of hydrogen-bond acceptors (Lipinski definition) is 3. The van der Waals surface area contributed by atoms with Crippen LogP contribution in [0, 0.1) is 0 Å². The Hall–Kier alpha value is -1.23. The Kier molecular flexibility index (Phi) is 1.92. The quantitative estimate of drug-likeness (QED) is 0.693. The summed E-state index contributed by atoms with van der Waals surface area (Å²) in [5.41, 5.74) is 7.96. The first-order chi connectivity index (χ1) is 6.50. The molecule has 1 aromatic carbocycles. The molecule has 0 unspecified atom stereocenters. The summed E-state index contributed by atoms with van der Waals surface area (Å²) < 4.78 is 24.2. The highest BCUT2D eigenvalue weighted by molar-refractivity contribution is 7.92. The lowest BCUT2D eigenvalue weighted by molar-refractivity contribution is 0.598. The second-order valence-electron chi connectivity index (χ2n) is 3.44. The number of anilines is 2. The first kappa shape index (κ1) is 9.33. The highest BCUT2D eigenvalue weighted by Crippen LogP contribution is 2.34. The van der Waals surface area contributed by atoms with Gasteiger partial charge >= 0.3 is 0 Å². The summed E-state index contributed by atoms with van der Waals surface area (Å²) in [5, 5.41) is 0. The van der Waals surface area contributed by atoms with E-state index in [1.807, 2.05) is 12.1 Å². The zero-order valence-corrected chi connectivity index (χ0v) is 8.71. The molecule has 4 nitrogen and oxygen atoms in total. The fourth-order valence-corrected chi connectivity index (χ4v) is 2.76. The van der Waals surface area contributed by atoms with Crippen molar-refractivity contribution in [1.82, 2.24) is 0 Å². The van der Waals surface area contributed by atoms with Crippen LogP contribution in [0.25, 0.3) is 0 Å². The summed E-state index contributed by atoms with van der Waals surface area (Å²) in [5.74, 6) is 0. The Balaban J connectivity index is 2.59. The molecule has 0 fully saturated rings. The van der Waals surface area contributed by atoms with Gasteiger partial charge in [0.05, 0.1) is 17.6 Å². The average molecular weight is 212 g/mol. The van der Waals surface area contributed by atoms with E-state index in [0.29, 0.717) is 17.9 Å². The molecular formula is C9H12N2O2S. The normalized spacial score (nSPS) is 15.6. The molecule has 1 aliphatic heterocycles. The van der Waals surface area contributed by atoms with Crippen LogP contribution in [-0.2, 0) is 16.4 Å². The summed E-state index contributed by atoms with van der Waals surface area (Å²) in [6.07, 6.45) is 1.95. The molecule has 0 aromatic heterocycles. The predicted octanol–water partition coefficient (Wildman–Crippen LogP) is 0.591. The lowest BCUT2D eigenvalue weighted by Gasteiger charge is -2.17. The van der Waals surface area contributed by atoms with Gasteiger partial charge in [-0.05, 0) is 18.1 Å². The maximum atomic E-state index is 11.4. The monoisotopic (exact) mass is 212 g/mol. The number of nitrogens with zero attached hydrogens (tertiary/aromatic N) is 1. The van der Waals surface area contributed by atoms with Crippen molar-refractivity contribution in [3.63, 3.8) is 0 Å². The highest BCUT2D eigenvalue weighted by atomic mass is 32.2. The molecule has 0 atom stereocenters. The molecule has 0 saturated heterocycles. The molecule has 14 heavy (non-hydrogen) atoms. The molecule has 0 saturated carbocycles. The lowest BCUT2D eigenvalue weighted by atomic mass is 10.1. The highest BCUT2D eigenvalue weighted by Gasteiger charge is 2.27. The van der Waals surface area contributed by atoms with Gasteiger partial charge in [-0.2, -0.15) is 0 Å². The summed E-state index contributed by atoms with van der Waals surface area (Å²) in [6, 6.07) is 5.49. The summed E-state index contributed by atoms with van der Waals surface area (Å²) >= 11 is 0. The molecule has 2 rings (SSSR count). The maximum absolute atomic E-state index is 11.4. The van der Waals surface area contributed by atoms with Crippen LogP contribution in [0.15, 0.2) is 18.2 Å². The Bertz CT molecular complexity index is 468. The van der Waals surface area contributed by atoms with E-state index in [4.69, 9.17) is 5.73 Å². The minimum Gasteiger partial charge on any atom is -0.397 e. The number of rotatable bonds is 1. The summed E-state index contributed by atoms with van der Waals surface area (Å²) in [4.78, 5) is 0. The van der Waals surface area contributed by atoms with Crippen LogP contribution in [0.1, 0.15) is 5.56 Å². The third kappa shape index (κ3) is 1.33. The van der Waals surface area contributed by atoms with Crippen molar-refractivity contribution < 1.29 is 8.42 Å². The fraction of sp³-hybridized carbons (Fsp3) is 0.333. The smallest absolute Gasteiger partial charge is 0.232 e. The number of para-hydroxylation sites is 1. The zero-order valence-electron chi connectivity index (χ0n) is 7.90. The molecule has 1 aliphatic rings. The minimum absolute atomic E-state index is 0.502. The lowest BCUT2D eigenvalue weighted by Crippen LogP contribution is -2.28. The first-order valence-electron chi connectivity index (χ1n) is 4.35. The van der Waals surface area contributed by atoms with Crippen LogP contribution in [0.3, 0.4) is 0 Å². The number of benzene rings is 1. The van der Waals surface area contributed by atoms with Gasteiger partial charge < -0.3 is 5.73 Å². The molecule has 0 spiro atoms. The molecule has 0 amide bonds. The Morgan fingerprint density at radius 2 is 2.14 bits per heavy atom. The van der Waals surface area contributed by atoms with Crippen LogP contribution in [-0.4, -0.2) is 21.2 Å². The third-order valence-electron chi connectivity index (χ3n) is 2.38. The van der Waals surface area contributed by atoms with Crippen LogP contribution < -0.4 is 10.0 Å². The molecule has 5 heteroatoms. The van der Waals surface area contributed by atoms with Gasteiger partial charge in [-0.25, -0.2) is 8.42 Å². The van der Waals surface area contributed by atoms with E-state index in [1.54, 1.807) is 6.07 Å². The van der Waals surface area contributed by atoms with Crippen molar-refractivity contribution in [3.8, 4) is 0 Å². The van der Waals surface area contributed by atoms with E-state index in [0.717, 1.165) is 12.0 Å². The summed E-state index contributed by atoms with van der Waals surface area (Å²) in [6.45, 7) is 0.502. The van der Waals surface area contributed by atoms with Crippen molar-refractivity contribution in [2.75, 3.05) is 22.8 Å². The molecule has 0 radical (unpaired) electrons. The second-order valence-corrected chi connectivity index (χ2v) is 5.35. The fourth-order valence-electron chi connectivity index (χ4n) is 1.78. The van der Waals surface area contributed by atoms with Crippen LogP contribution in [0.4, 0.5) is 11.4 Å². The van der Waals surface area contributed by atoms with Gasteiger partial charge in [0.2, 0.25) is 10.0 Å². The molecule has 2 N–H and O–H groups in total. The minimum atomic E-state index is -3.19. The zero-order chi connectivity index (χ0) is 10.3. The molecule has 76 valence electrons. The maximum Gasteiger partial charge on any atom is 0.232 e. The summed E-state index contributed by atoms with van der Waals surface area (Å²) in [7, 11) is -3.19. The Morgan fingerprint density at radius 3 is 2.79 bits per heavy atom. The SMILES string of the molecule is CS(=O)(=O)N1CCc2cccc(N)c21. The van der Waals surface area contributed by atoms with Gasteiger partial charge in [-0.3, -0.25) is 4.31 Å². The van der Waals surface area contributed by atoms with E-state index in [1.165, 1.54) is 10.6 Å². The third-order valence-corrected chi connectivity index (χ3v) is 3.55. The predicted molar refractivity (Wildman–Crippen MR) is 56.7 cm³/mol. The van der Waals surface area contributed by atoms with Crippen molar-refractivity contribution in [2.24, 2.45) is 0 Å². The van der Waals surface area contributed by atoms with Crippen molar-refractivity contribution in [2.45, 2.75) is 6.42 Å². The number of nitrogen functional groups attached to an aromatic ring is 1. The van der Waals surface area contributed by atoms with E-state index < -0.39 is 10.0 Å². The van der Waals surface area contributed by atoms with Gasteiger partial charge in [-0.1, -0.05) is 12.1 Å². The van der Waals surface area contributed by atoms with Crippen molar-refractivity contribution >= 4 is 21.4 Å². The standard InChI is InChI=1S/C9H12N2O2S/c1-14(12,13)11-6-5-7-3-2-4-8(10)9(7)11/h2-4H,5-6,10H2,1H3. The van der Waals surface area contributed by atoms with E-state index >= 15 is 0 Å². The van der Waals surface area contributed by atoms with Gasteiger partial charge in [0.15, 0.2) is 0 Å². The molecular weight excluding hydrogens is 200 g/mol. The van der Waals surface area contributed by atoms with Gasteiger partial charge in [-0.15, -0.1) is 0 Å². The number of fused-ring (bicyclic) bond motifs is 1. The van der Waals surface area contributed by atoms with E-state index in [2.05, 4.69) is 0 Å². The van der Waals surface area contributed by atoms with Gasteiger partial charge in [0.1, 0.15) is 0 Å². The molecule has 1 heterocycles. The molecule has 0 aliphatic carbocycles. The largest absolute Gasteiger partial charge is 0.397 e. The Morgan fingerprint density at radius 1 is 1.43 bits per heavy atom. The van der Waals surface area contributed by atoms with Gasteiger partial charge in [0.25, 0.3) is 0 Å². The van der Waals surface area contributed by atoms with Crippen LogP contribution >= 0.6 is 0 Å². The molecule has 0 bridgehead atoms. The van der Waals surface area contributed by atoms with Crippen LogP contribution in [0.2, 0.25) is 0 Å². The number of nitrogens with two attached hydrogens (primary N) is 1. The van der Waals surface area contributed by atoms with E-state index in [-0.39, 0.29) is 0 Å². The first-order valence-corrected chi connectivity index (χ1v) is 6.20. The van der Waals surface area contributed by atoms with Crippen molar-refractivity contribution in [1.29, 1.82) is 0 Å². The number of hydrogen-bond donors (Lipinski definition) is 1. The van der Waals surface area contributed by atoms with E-state index in [9.17, 15) is 8.42 Å².